The van der Waals surface area contributed by atoms with E-state index >= 15 is 0 Å². The predicted octanol–water partition coefficient (Wildman–Crippen LogP) is 4.79. The molecular weight excluding hydrogens is 254 g/mol. The minimum Gasteiger partial charge on any atom is -0.313 e. The lowest BCUT2D eigenvalue weighted by molar-refractivity contribution is 0.417. The third kappa shape index (κ3) is 4.71. The summed E-state index contributed by atoms with van der Waals surface area (Å²) >= 11 is 0. The van der Waals surface area contributed by atoms with Crippen LogP contribution in [-0.4, -0.2) is 12.6 Å². The molecule has 2 unspecified atom stereocenters. The number of nitrogens with one attached hydrogen (secondary N) is 1. The van der Waals surface area contributed by atoms with E-state index in [0.29, 0.717) is 12.0 Å². The largest absolute Gasteiger partial charge is 0.313 e. The maximum Gasteiger partial charge on any atom is 0.0136 e. The molecule has 2 atom stereocenters. The van der Waals surface area contributed by atoms with Gasteiger partial charge in [0.15, 0.2) is 0 Å². The summed E-state index contributed by atoms with van der Waals surface area (Å²) < 4.78 is 0. The van der Waals surface area contributed by atoms with Crippen molar-refractivity contribution in [1.82, 2.24) is 5.32 Å². The zero-order valence-electron chi connectivity index (χ0n) is 13.3. The fourth-order valence-electron chi connectivity index (χ4n) is 2.96. The first kappa shape index (κ1) is 15.8. The van der Waals surface area contributed by atoms with Gasteiger partial charge in [-0.05, 0) is 36.9 Å². The Kier molecular flexibility index (Phi) is 6.49. The van der Waals surface area contributed by atoms with Crippen LogP contribution in [0.25, 0.3) is 0 Å². The Morgan fingerprint density at radius 2 is 1.48 bits per heavy atom. The van der Waals surface area contributed by atoms with E-state index in [1.54, 1.807) is 0 Å². The van der Waals surface area contributed by atoms with Gasteiger partial charge in [0.1, 0.15) is 0 Å². The average molecular weight is 281 g/mol. The topological polar surface area (TPSA) is 12.0 Å². The molecule has 0 amide bonds. The third-order valence-electron chi connectivity index (χ3n) is 4.11. The maximum absolute atomic E-state index is 3.74. The standard InChI is InChI=1S/C20H27N/c1-3-15-21-20(4-2)19(18-13-9-6-10-14-18)16-17-11-7-5-8-12-17/h5-14,19-21H,3-4,15-16H2,1-2H3. The highest BCUT2D eigenvalue weighted by Crippen LogP contribution is 2.26. The van der Waals surface area contributed by atoms with E-state index in [1.165, 1.54) is 17.5 Å². The van der Waals surface area contributed by atoms with Crippen LogP contribution in [0.5, 0.6) is 0 Å². The van der Waals surface area contributed by atoms with E-state index in [0.717, 1.165) is 19.4 Å². The van der Waals surface area contributed by atoms with Gasteiger partial charge in [-0.25, -0.2) is 0 Å². The first-order valence-electron chi connectivity index (χ1n) is 8.17. The van der Waals surface area contributed by atoms with Gasteiger partial charge >= 0.3 is 0 Å². The summed E-state index contributed by atoms with van der Waals surface area (Å²) in [7, 11) is 0. The molecule has 0 heterocycles. The van der Waals surface area contributed by atoms with Gasteiger partial charge in [0, 0.05) is 12.0 Å². The smallest absolute Gasteiger partial charge is 0.0136 e. The van der Waals surface area contributed by atoms with Crippen molar-refractivity contribution in [3.63, 3.8) is 0 Å². The molecule has 2 aromatic rings. The molecule has 0 aliphatic rings. The van der Waals surface area contributed by atoms with Gasteiger partial charge < -0.3 is 5.32 Å². The van der Waals surface area contributed by atoms with E-state index in [-0.39, 0.29) is 0 Å². The summed E-state index contributed by atoms with van der Waals surface area (Å²) in [5.74, 6) is 0.533. The summed E-state index contributed by atoms with van der Waals surface area (Å²) in [5.41, 5.74) is 2.86. The zero-order chi connectivity index (χ0) is 14.9. The molecular formula is C20H27N. The van der Waals surface area contributed by atoms with Gasteiger partial charge in [-0.15, -0.1) is 0 Å². The molecule has 0 saturated carbocycles. The summed E-state index contributed by atoms with van der Waals surface area (Å²) in [5, 5.41) is 3.74. The minimum atomic E-state index is 0.533. The lowest BCUT2D eigenvalue weighted by atomic mass is 9.84. The van der Waals surface area contributed by atoms with Crippen LogP contribution in [0, 0.1) is 0 Å². The second-order valence-electron chi connectivity index (χ2n) is 5.68. The highest BCUT2D eigenvalue weighted by Gasteiger charge is 2.21. The second-order valence-corrected chi connectivity index (χ2v) is 5.68. The highest BCUT2D eigenvalue weighted by molar-refractivity contribution is 5.26. The van der Waals surface area contributed by atoms with Crippen molar-refractivity contribution in [2.45, 2.75) is 45.1 Å². The van der Waals surface area contributed by atoms with Crippen molar-refractivity contribution >= 4 is 0 Å². The van der Waals surface area contributed by atoms with Crippen LogP contribution in [0.1, 0.15) is 43.7 Å². The van der Waals surface area contributed by atoms with Gasteiger partial charge in [0.05, 0.1) is 0 Å². The number of hydrogen-bond acceptors (Lipinski definition) is 1. The molecule has 0 aliphatic carbocycles. The molecule has 0 aliphatic heterocycles. The molecule has 0 aromatic heterocycles. The van der Waals surface area contributed by atoms with Crippen molar-refractivity contribution in [2.24, 2.45) is 0 Å². The molecule has 2 rings (SSSR count). The first-order valence-corrected chi connectivity index (χ1v) is 8.17. The molecule has 1 nitrogen and oxygen atoms in total. The van der Waals surface area contributed by atoms with Gasteiger partial charge in [-0.2, -0.15) is 0 Å². The highest BCUT2D eigenvalue weighted by atomic mass is 14.9. The number of benzene rings is 2. The van der Waals surface area contributed by atoms with E-state index in [4.69, 9.17) is 0 Å². The Balaban J connectivity index is 2.21. The minimum absolute atomic E-state index is 0.533. The molecule has 1 heteroatoms. The van der Waals surface area contributed by atoms with Gasteiger partial charge in [0.2, 0.25) is 0 Å². The second kappa shape index (κ2) is 8.63. The molecule has 1 N–H and O–H groups in total. The van der Waals surface area contributed by atoms with Crippen molar-refractivity contribution in [3.05, 3.63) is 71.8 Å². The van der Waals surface area contributed by atoms with Crippen LogP contribution < -0.4 is 5.32 Å². The first-order chi connectivity index (χ1) is 10.3. The van der Waals surface area contributed by atoms with Crippen molar-refractivity contribution in [3.8, 4) is 0 Å². The fourth-order valence-corrected chi connectivity index (χ4v) is 2.96. The monoisotopic (exact) mass is 281 g/mol. The van der Waals surface area contributed by atoms with Crippen LogP contribution in [0.3, 0.4) is 0 Å². The van der Waals surface area contributed by atoms with E-state index in [9.17, 15) is 0 Å². The quantitative estimate of drug-likeness (QED) is 0.733. The molecule has 0 radical (unpaired) electrons. The summed E-state index contributed by atoms with van der Waals surface area (Å²) in [6.07, 6.45) is 3.44. The lowest BCUT2D eigenvalue weighted by Gasteiger charge is -2.28. The van der Waals surface area contributed by atoms with Crippen LogP contribution in [0.15, 0.2) is 60.7 Å². The SMILES string of the molecule is CCCNC(CC)C(Cc1ccccc1)c1ccccc1. The van der Waals surface area contributed by atoms with Crippen molar-refractivity contribution in [2.75, 3.05) is 6.54 Å². The summed E-state index contributed by atoms with van der Waals surface area (Å²) in [6.45, 7) is 5.61. The Morgan fingerprint density at radius 1 is 0.857 bits per heavy atom. The lowest BCUT2D eigenvalue weighted by Crippen LogP contribution is -2.36. The molecule has 0 spiro atoms. The van der Waals surface area contributed by atoms with Crippen molar-refractivity contribution < 1.29 is 0 Å². The van der Waals surface area contributed by atoms with Crippen LogP contribution in [0.4, 0.5) is 0 Å². The van der Waals surface area contributed by atoms with E-state index in [2.05, 4.69) is 79.8 Å². The van der Waals surface area contributed by atoms with Crippen LogP contribution in [0.2, 0.25) is 0 Å². The predicted molar refractivity (Wildman–Crippen MR) is 91.7 cm³/mol. The molecule has 0 saturated heterocycles. The Labute approximate surface area is 129 Å². The van der Waals surface area contributed by atoms with E-state index in [1.807, 2.05) is 0 Å². The molecule has 0 fully saturated rings. The Bertz CT molecular complexity index is 492. The molecule has 112 valence electrons. The fraction of sp³-hybridized carbons (Fsp3) is 0.400. The van der Waals surface area contributed by atoms with Gasteiger partial charge in [-0.1, -0.05) is 74.5 Å². The summed E-state index contributed by atoms with van der Waals surface area (Å²) in [4.78, 5) is 0. The summed E-state index contributed by atoms with van der Waals surface area (Å²) in [6, 6.07) is 22.3. The average Bonchev–Trinajstić information content (AvgIpc) is 2.56. The maximum atomic E-state index is 3.74. The molecule has 21 heavy (non-hydrogen) atoms. The normalized spacial score (nSPS) is 13.8. The van der Waals surface area contributed by atoms with Crippen LogP contribution >= 0.6 is 0 Å². The number of hydrogen-bond donors (Lipinski definition) is 1. The Morgan fingerprint density at radius 3 is 2.05 bits per heavy atom. The van der Waals surface area contributed by atoms with Crippen LogP contribution in [-0.2, 0) is 6.42 Å². The molecule has 2 aromatic carbocycles. The number of rotatable bonds is 8. The zero-order valence-corrected chi connectivity index (χ0v) is 13.3. The van der Waals surface area contributed by atoms with Crippen molar-refractivity contribution in [1.29, 1.82) is 0 Å². The molecule has 0 bridgehead atoms. The van der Waals surface area contributed by atoms with Gasteiger partial charge in [-0.3, -0.25) is 0 Å². The van der Waals surface area contributed by atoms with Gasteiger partial charge in [0.25, 0.3) is 0 Å². The Hall–Kier alpha value is -1.60. The van der Waals surface area contributed by atoms with E-state index < -0.39 is 0 Å². The third-order valence-corrected chi connectivity index (χ3v) is 4.11.